The summed E-state index contributed by atoms with van der Waals surface area (Å²) >= 11 is 0. The third kappa shape index (κ3) is 1.89. The van der Waals surface area contributed by atoms with E-state index in [0.29, 0.717) is 6.04 Å². The SMILES string of the molecule is COc1ccc2c(c1)CCN1C2CCC2C(=O)OC(C)C21. The average Bonchev–Trinajstić information content (AvgIpc) is 2.81. The second-order valence-electron chi connectivity index (χ2n) is 6.38. The Balaban J connectivity index is 1.69. The Morgan fingerprint density at radius 2 is 2.19 bits per heavy atom. The van der Waals surface area contributed by atoms with Crippen molar-refractivity contribution in [3.63, 3.8) is 0 Å². The van der Waals surface area contributed by atoms with Gasteiger partial charge in [-0.1, -0.05) is 6.07 Å². The molecular formula is C17H21NO3. The van der Waals surface area contributed by atoms with E-state index in [0.717, 1.165) is 31.6 Å². The number of ether oxygens (including phenoxy) is 2. The lowest BCUT2D eigenvalue weighted by Crippen LogP contribution is -2.52. The van der Waals surface area contributed by atoms with Crippen molar-refractivity contribution in [2.24, 2.45) is 5.92 Å². The predicted octanol–water partition coefficient (Wildman–Crippen LogP) is 2.32. The van der Waals surface area contributed by atoms with Gasteiger partial charge in [-0.25, -0.2) is 0 Å². The van der Waals surface area contributed by atoms with E-state index in [1.54, 1.807) is 7.11 Å². The monoisotopic (exact) mass is 287 g/mol. The lowest BCUT2D eigenvalue weighted by Gasteiger charge is -2.46. The molecule has 112 valence electrons. The number of carbonyl (C=O) groups excluding carboxylic acids is 1. The van der Waals surface area contributed by atoms with E-state index in [1.165, 1.54) is 11.1 Å². The highest BCUT2D eigenvalue weighted by molar-refractivity contribution is 5.76. The van der Waals surface area contributed by atoms with Crippen molar-refractivity contribution in [3.05, 3.63) is 29.3 Å². The van der Waals surface area contributed by atoms with Crippen LogP contribution in [0, 0.1) is 5.92 Å². The normalized spacial score (nSPS) is 34.7. The fourth-order valence-corrected chi connectivity index (χ4v) is 4.45. The first-order chi connectivity index (χ1) is 10.2. The molecule has 4 unspecified atom stereocenters. The van der Waals surface area contributed by atoms with Crippen molar-refractivity contribution in [3.8, 4) is 5.75 Å². The van der Waals surface area contributed by atoms with Crippen molar-refractivity contribution in [1.29, 1.82) is 0 Å². The number of hydrogen-bond donors (Lipinski definition) is 0. The van der Waals surface area contributed by atoms with Crippen LogP contribution in [-0.4, -0.2) is 36.7 Å². The molecule has 0 aromatic heterocycles. The van der Waals surface area contributed by atoms with Gasteiger partial charge in [-0.3, -0.25) is 9.69 Å². The molecule has 2 saturated heterocycles. The Labute approximate surface area is 125 Å². The summed E-state index contributed by atoms with van der Waals surface area (Å²) in [5.41, 5.74) is 2.80. The van der Waals surface area contributed by atoms with E-state index < -0.39 is 0 Å². The number of esters is 1. The van der Waals surface area contributed by atoms with Crippen LogP contribution in [0.3, 0.4) is 0 Å². The summed E-state index contributed by atoms with van der Waals surface area (Å²) in [6.07, 6.45) is 3.03. The highest BCUT2D eigenvalue weighted by Crippen LogP contribution is 2.46. The second-order valence-corrected chi connectivity index (χ2v) is 6.38. The maximum absolute atomic E-state index is 12.0. The summed E-state index contributed by atoms with van der Waals surface area (Å²) in [6.45, 7) is 3.04. The molecule has 0 radical (unpaired) electrons. The van der Waals surface area contributed by atoms with Crippen molar-refractivity contribution in [2.45, 2.75) is 44.4 Å². The zero-order valence-electron chi connectivity index (χ0n) is 12.5. The lowest BCUT2D eigenvalue weighted by molar-refractivity contribution is -0.144. The number of nitrogens with zero attached hydrogens (tertiary/aromatic N) is 1. The van der Waals surface area contributed by atoms with Crippen LogP contribution in [-0.2, 0) is 16.0 Å². The van der Waals surface area contributed by atoms with Gasteiger partial charge in [-0.2, -0.15) is 0 Å². The van der Waals surface area contributed by atoms with Crippen LogP contribution in [0.2, 0.25) is 0 Å². The van der Waals surface area contributed by atoms with Crippen LogP contribution in [0.1, 0.15) is 36.9 Å². The Bertz CT molecular complexity index is 585. The molecule has 3 aliphatic rings. The Morgan fingerprint density at radius 3 is 3.00 bits per heavy atom. The van der Waals surface area contributed by atoms with E-state index in [9.17, 15) is 4.79 Å². The quantitative estimate of drug-likeness (QED) is 0.743. The van der Waals surface area contributed by atoms with Gasteiger partial charge < -0.3 is 9.47 Å². The zero-order valence-corrected chi connectivity index (χ0v) is 12.5. The van der Waals surface area contributed by atoms with Crippen LogP contribution in [0.5, 0.6) is 5.75 Å². The third-order valence-electron chi connectivity index (χ3n) is 5.38. The van der Waals surface area contributed by atoms with E-state index >= 15 is 0 Å². The van der Waals surface area contributed by atoms with Gasteiger partial charge in [0.25, 0.3) is 0 Å². The molecule has 0 amide bonds. The first kappa shape index (κ1) is 13.1. The molecule has 3 aliphatic heterocycles. The van der Waals surface area contributed by atoms with Crippen LogP contribution < -0.4 is 4.74 Å². The minimum atomic E-state index is 0.00600. The Morgan fingerprint density at radius 1 is 1.33 bits per heavy atom. The number of piperidine rings is 1. The van der Waals surface area contributed by atoms with E-state index in [4.69, 9.17) is 9.47 Å². The van der Waals surface area contributed by atoms with Crippen LogP contribution in [0.25, 0.3) is 0 Å². The Kier molecular flexibility index (Phi) is 2.96. The van der Waals surface area contributed by atoms with Crippen molar-refractivity contribution in [1.82, 2.24) is 4.90 Å². The molecule has 2 fully saturated rings. The molecule has 0 spiro atoms. The molecule has 1 aromatic rings. The summed E-state index contributed by atoms with van der Waals surface area (Å²) in [7, 11) is 1.71. The number of benzene rings is 1. The number of methoxy groups -OCH3 is 1. The van der Waals surface area contributed by atoms with Gasteiger partial charge in [0.1, 0.15) is 11.9 Å². The summed E-state index contributed by atoms with van der Waals surface area (Å²) < 4.78 is 10.8. The van der Waals surface area contributed by atoms with Crippen molar-refractivity contribution in [2.75, 3.05) is 13.7 Å². The summed E-state index contributed by atoms with van der Waals surface area (Å²) in [4.78, 5) is 14.5. The number of rotatable bonds is 1. The first-order valence-corrected chi connectivity index (χ1v) is 7.82. The number of fused-ring (bicyclic) bond motifs is 5. The first-order valence-electron chi connectivity index (χ1n) is 7.82. The van der Waals surface area contributed by atoms with Crippen molar-refractivity contribution < 1.29 is 14.3 Å². The van der Waals surface area contributed by atoms with Gasteiger partial charge in [0, 0.05) is 12.6 Å². The van der Waals surface area contributed by atoms with Crippen LogP contribution in [0.15, 0.2) is 18.2 Å². The van der Waals surface area contributed by atoms with Gasteiger partial charge in [-0.05, 0) is 49.4 Å². The summed E-state index contributed by atoms with van der Waals surface area (Å²) in [6, 6.07) is 7.10. The van der Waals surface area contributed by atoms with E-state index in [1.807, 2.05) is 13.0 Å². The van der Waals surface area contributed by atoms with Crippen LogP contribution in [0.4, 0.5) is 0 Å². The highest BCUT2D eigenvalue weighted by atomic mass is 16.6. The van der Waals surface area contributed by atoms with Crippen LogP contribution >= 0.6 is 0 Å². The summed E-state index contributed by atoms with van der Waals surface area (Å²) in [5.74, 6) is 1.02. The molecule has 4 rings (SSSR count). The molecule has 4 heteroatoms. The van der Waals surface area contributed by atoms with Crippen molar-refractivity contribution >= 4 is 5.97 Å². The smallest absolute Gasteiger partial charge is 0.310 e. The number of cyclic esters (lactones) is 1. The molecule has 1 aromatic carbocycles. The molecule has 21 heavy (non-hydrogen) atoms. The largest absolute Gasteiger partial charge is 0.497 e. The van der Waals surface area contributed by atoms with Gasteiger partial charge in [0.05, 0.1) is 19.1 Å². The van der Waals surface area contributed by atoms with Gasteiger partial charge in [0.15, 0.2) is 0 Å². The van der Waals surface area contributed by atoms with E-state index in [2.05, 4.69) is 17.0 Å². The molecule has 0 saturated carbocycles. The molecular weight excluding hydrogens is 266 g/mol. The maximum atomic E-state index is 12.0. The molecule has 4 atom stereocenters. The molecule has 0 bridgehead atoms. The average molecular weight is 287 g/mol. The zero-order chi connectivity index (χ0) is 14.6. The minimum Gasteiger partial charge on any atom is -0.497 e. The Hall–Kier alpha value is -1.55. The van der Waals surface area contributed by atoms with Gasteiger partial charge in [0.2, 0.25) is 0 Å². The highest BCUT2D eigenvalue weighted by Gasteiger charge is 2.51. The molecule has 3 heterocycles. The third-order valence-corrected chi connectivity index (χ3v) is 5.38. The molecule has 0 aliphatic carbocycles. The standard InChI is InChI=1S/C17H21NO3/c1-10-16-14(17(19)21-10)5-6-15-13-4-3-12(20-2)9-11(13)7-8-18(15)16/h3-4,9-10,14-16H,5-8H2,1-2H3. The topological polar surface area (TPSA) is 38.8 Å². The number of hydrogen-bond acceptors (Lipinski definition) is 4. The van der Waals surface area contributed by atoms with E-state index in [-0.39, 0.29) is 24.0 Å². The number of carbonyl (C=O) groups is 1. The molecule has 4 nitrogen and oxygen atoms in total. The molecule has 0 N–H and O–H groups in total. The summed E-state index contributed by atoms with van der Waals surface area (Å²) in [5, 5.41) is 0. The predicted molar refractivity (Wildman–Crippen MR) is 78.2 cm³/mol. The maximum Gasteiger partial charge on any atom is 0.310 e. The lowest BCUT2D eigenvalue weighted by atomic mass is 9.79. The van der Waals surface area contributed by atoms with Gasteiger partial charge in [-0.15, -0.1) is 0 Å². The second kappa shape index (κ2) is 4.73. The fourth-order valence-electron chi connectivity index (χ4n) is 4.45. The van der Waals surface area contributed by atoms with Gasteiger partial charge >= 0.3 is 5.97 Å². The minimum absolute atomic E-state index is 0.00600. The fraction of sp³-hybridized carbons (Fsp3) is 0.588.